The summed E-state index contributed by atoms with van der Waals surface area (Å²) in [6.45, 7) is 3.80. The van der Waals surface area contributed by atoms with Gasteiger partial charge in [-0.2, -0.15) is 0 Å². The average molecular weight is 397 g/mol. The number of amides is 2. The SMILES string of the molecule is CC(C)NC(=O)CSc1ccccc1C(=O)Nc1cc(Cl)ccc1Cl. The highest BCUT2D eigenvalue weighted by atomic mass is 35.5. The quantitative estimate of drug-likeness (QED) is 0.685. The Morgan fingerprint density at radius 3 is 2.56 bits per heavy atom. The second kappa shape index (κ2) is 9.13. The van der Waals surface area contributed by atoms with E-state index in [1.807, 2.05) is 26.0 Å². The molecule has 0 aliphatic heterocycles. The third-order valence-corrected chi connectivity index (χ3v) is 4.75. The molecule has 0 bridgehead atoms. The Balaban J connectivity index is 2.12. The van der Waals surface area contributed by atoms with Crippen molar-refractivity contribution in [3.63, 3.8) is 0 Å². The van der Waals surface area contributed by atoms with E-state index in [4.69, 9.17) is 23.2 Å². The Labute approximate surface area is 161 Å². The van der Waals surface area contributed by atoms with Crippen molar-refractivity contribution < 1.29 is 9.59 Å². The number of hydrogen-bond acceptors (Lipinski definition) is 3. The monoisotopic (exact) mass is 396 g/mol. The maximum absolute atomic E-state index is 12.6. The summed E-state index contributed by atoms with van der Waals surface area (Å²) in [5, 5.41) is 6.46. The molecule has 4 nitrogen and oxygen atoms in total. The fourth-order valence-corrected chi connectivity index (χ4v) is 3.27. The van der Waals surface area contributed by atoms with Crippen molar-refractivity contribution in [1.29, 1.82) is 0 Å². The average Bonchev–Trinajstić information content (AvgIpc) is 2.56. The fourth-order valence-electron chi connectivity index (χ4n) is 2.07. The molecule has 2 rings (SSSR count). The van der Waals surface area contributed by atoms with Crippen LogP contribution in [0.2, 0.25) is 10.0 Å². The molecule has 132 valence electrons. The number of hydrogen-bond donors (Lipinski definition) is 2. The zero-order valence-electron chi connectivity index (χ0n) is 13.8. The van der Waals surface area contributed by atoms with Gasteiger partial charge in [-0.15, -0.1) is 11.8 Å². The van der Waals surface area contributed by atoms with Crippen molar-refractivity contribution in [1.82, 2.24) is 5.32 Å². The van der Waals surface area contributed by atoms with Crippen LogP contribution in [-0.2, 0) is 4.79 Å². The summed E-state index contributed by atoms with van der Waals surface area (Å²) >= 11 is 13.3. The molecule has 0 aromatic heterocycles. The highest BCUT2D eigenvalue weighted by Crippen LogP contribution is 2.28. The lowest BCUT2D eigenvalue weighted by Gasteiger charge is -2.12. The largest absolute Gasteiger partial charge is 0.353 e. The molecule has 2 N–H and O–H groups in total. The first-order valence-electron chi connectivity index (χ1n) is 7.64. The van der Waals surface area contributed by atoms with Gasteiger partial charge in [0.1, 0.15) is 0 Å². The highest BCUT2D eigenvalue weighted by Gasteiger charge is 2.14. The molecule has 25 heavy (non-hydrogen) atoms. The standard InChI is InChI=1S/C18H18Cl2N2O2S/c1-11(2)21-17(23)10-25-16-6-4-3-5-13(16)18(24)22-15-9-12(19)7-8-14(15)20/h3-9,11H,10H2,1-2H3,(H,21,23)(H,22,24). The van der Waals surface area contributed by atoms with E-state index in [1.54, 1.807) is 30.3 Å². The van der Waals surface area contributed by atoms with Crippen LogP contribution in [0.25, 0.3) is 0 Å². The zero-order valence-corrected chi connectivity index (χ0v) is 16.1. The van der Waals surface area contributed by atoms with Gasteiger partial charge < -0.3 is 10.6 Å². The summed E-state index contributed by atoms with van der Waals surface area (Å²) < 4.78 is 0. The van der Waals surface area contributed by atoms with E-state index in [0.717, 1.165) is 4.90 Å². The topological polar surface area (TPSA) is 58.2 Å². The number of anilines is 1. The van der Waals surface area contributed by atoms with Gasteiger partial charge in [-0.1, -0.05) is 35.3 Å². The lowest BCUT2D eigenvalue weighted by Crippen LogP contribution is -2.31. The summed E-state index contributed by atoms with van der Waals surface area (Å²) in [5.41, 5.74) is 0.914. The van der Waals surface area contributed by atoms with E-state index < -0.39 is 0 Å². The van der Waals surface area contributed by atoms with Gasteiger partial charge in [0.15, 0.2) is 0 Å². The molecule has 0 aliphatic rings. The summed E-state index contributed by atoms with van der Waals surface area (Å²) in [6.07, 6.45) is 0. The third kappa shape index (κ3) is 5.96. The van der Waals surface area contributed by atoms with E-state index in [9.17, 15) is 9.59 Å². The van der Waals surface area contributed by atoms with Crippen LogP contribution in [-0.4, -0.2) is 23.6 Å². The normalized spacial score (nSPS) is 10.6. The molecule has 0 radical (unpaired) electrons. The molecule has 0 heterocycles. The van der Waals surface area contributed by atoms with Crippen LogP contribution in [0.4, 0.5) is 5.69 Å². The summed E-state index contributed by atoms with van der Waals surface area (Å²) in [5.74, 6) is -0.148. The maximum atomic E-state index is 12.6. The second-order valence-electron chi connectivity index (χ2n) is 5.59. The van der Waals surface area contributed by atoms with Crippen molar-refractivity contribution in [3.05, 3.63) is 58.1 Å². The Morgan fingerprint density at radius 2 is 1.84 bits per heavy atom. The third-order valence-electron chi connectivity index (χ3n) is 3.12. The van der Waals surface area contributed by atoms with Crippen molar-refractivity contribution in [2.24, 2.45) is 0 Å². The van der Waals surface area contributed by atoms with Gasteiger partial charge in [-0.25, -0.2) is 0 Å². The van der Waals surface area contributed by atoms with Gasteiger partial charge >= 0.3 is 0 Å². The van der Waals surface area contributed by atoms with Crippen LogP contribution in [0.5, 0.6) is 0 Å². The smallest absolute Gasteiger partial charge is 0.256 e. The second-order valence-corrected chi connectivity index (χ2v) is 7.45. The van der Waals surface area contributed by atoms with E-state index in [2.05, 4.69) is 10.6 Å². The van der Waals surface area contributed by atoms with Crippen molar-refractivity contribution in [2.75, 3.05) is 11.1 Å². The number of halogens is 2. The lowest BCUT2D eigenvalue weighted by molar-refractivity contribution is -0.119. The van der Waals surface area contributed by atoms with Crippen molar-refractivity contribution in [2.45, 2.75) is 24.8 Å². The van der Waals surface area contributed by atoms with E-state index in [1.165, 1.54) is 11.8 Å². The molecule has 0 aliphatic carbocycles. The van der Waals surface area contributed by atoms with Crippen LogP contribution < -0.4 is 10.6 Å². The van der Waals surface area contributed by atoms with Gasteiger partial charge in [-0.3, -0.25) is 9.59 Å². The molecule has 0 fully saturated rings. The molecule has 2 aromatic rings. The first-order valence-corrected chi connectivity index (χ1v) is 9.38. The zero-order chi connectivity index (χ0) is 18.4. The minimum absolute atomic E-state index is 0.0758. The molecule has 0 atom stereocenters. The lowest BCUT2D eigenvalue weighted by atomic mass is 10.2. The first-order chi connectivity index (χ1) is 11.9. The Hall–Kier alpha value is -1.69. The minimum atomic E-state index is -0.309. The van der Waals surface area contributed by atoms with Crippen LogP contribution in [0, 0.1) is 0 Å². The summed E-state index contributed by atoms with van der Waals surface area (Å²) in [4.78, 5) is 25.1. The van der Waals surface area contributed by atoms with Crippen LogP contribution >= 0.6 is 35.0 Å². The number of nitrogens with one attached hydrogen (secondary N) is 2. The van der Waals surface area contributed by atoms with Gasteiger partial charge in [0.2, 0.25) is 5.91 Å². The molecule has 7 heteroatoms. The number of benzene rings is 2. The number of carbonyl (C=O) groups excluding carboxylic acids is 2. The Bertz CT molecular complexity index is 781. The van der Waals surface area contributed by atoms with Crippen molar-refractivity contribution >= 4 is 52.5 Å². The van der Waals surface area contributed by atoms with Crippen molar-refractivity contribution in [3.8, 4) is 0 Å². The number of rotatable bonds is 6. The number of carbonyl (C=O) groups is 2. The highest BCUT2D eigenvalue weighted by molar-refractivity contribution is 8.00. The van der Waals surface area contributed by atoms with E-state index >= 15 is 0 Å². The Kier molecular flexibility index (Phi) is 7.17. The van der Waals surface area contributed by atoms with Crippen LogP contribution in [0.1, 0.15) is 24.2 Å². The summed E-state index contributed by atoms with van der Waals surface area (Å²) in [6, 6.07) is 12.1. The van der Waals surface area contributed by atoms with E-state index in [0.29, 0.717) is 21.3 Å². The maximum Gasteiger partial charge on any atom is 0.256 e. The fraction of sp³-hybridized carbons (Fsp3) is 0.222. The van der Waals surface area contributed by atoms with Gasteiger partial charge in [0, 0.05) is 16.0 Å². The molecule has 0 unspecified atom stereocenters. The van der Waals surface area contributed by atoms with Gasteiger partial charge in [0.25, 0.3) is 5.91 Å². The molecular formula is C18H18Cl2N2O2S. The molecular weight excluding hydrogens is 379 g/mol. The minimum Gasteiger partial charge on any atom is -0.353 e. The molecule has 2 aromatic carbocycles. The van der Waals surface area contributed by atoms with E-state index in [-0.39, 0.29) is 23.6 Å². The molecule has 0 saturated heterocycles. The summed E-state index contributed by atoms with van der Waals surface area (Å²) in [7, 11) is 0. The van der Waals surface area contributed by atoms with Crippen LogP contribution in [0.3, 0.4) is 0 Å². The van der Waals surface area contributed by atoms with Crippen LogP contribution in [0.15, 0.2) is 47.4 Å². The first kappa shape index (κ1) is 19.6. The molecule has 2 amide bonds. The predicted molar refractivity (Wildman–Crippen MR) is 105 cm³/mol. The Morgan fingerprint density at radius 1 is 1.12 bits per heavy atom. The van der Waals surface area contributed by atoms with Gasteiger partial charge in [0.05, 0.1) is 22.0 Å². The van der Waals surface area contributed by atoms with Gasteiger partial charge in [-0.05, 0) is 44.2 Å². The predicted octanol–water partition coefficient (Wildman–Crippen LogP) is 4.86. The molecule has 0 saturated carbocycles. The molecule has 0 spiro atoms. The number of thioether (sulfide) groups is 1.